The molecule has 1 unspecified atom stereocenters. The maximum atomic E-state index is 11.5. The maximum Gasteiger partial charge on any atom is 0.470 e. The molecule has 6 heteroatoms. The van der Waals surface area contributed by atoms with E-state index in [2.05, 4.69) is 35.0 Å². The number of unbranched alkanes of at least 4 members (excludes halogenated alkanes) is 8. The summed E-state index contributed by atoms with van der Waals surface area (Å²) in [5.41, 5.74) is 0. The molecule has 0 fully saturated rings. The van der Waals surface area contributed by atoms with E-state index < -0.39 is 7.82 Å². The summed E-state index contributed by atoms with van der Waals surface area (Å²) in [7, 11) is 1.68. The molecule has 0 radical (unpaired) electrons. The van der Waals surface area contributed by atoms with Gasteiger partial charge in [0.25, 0.3) is 0 Å². The van der Waals surface area contributed by atoms with E-state index in [1.807, 2.05) is 0 Å². The highest BCUT2D eigenvalue weighted by molar-refractivity contribution is 7.46. The Balaban J connectivity index is 4.82. The van der Waals surface area contributed by atoms with Crippen molar-refractivity contribution in [1.82, 2.24) is 0 Å². The molecule has 0 saturated heterocycles. The van der Waals surface area contributed by atoms with Crippen LogP contribution in [0.3, 0.4) is 0 Å². The highest BCUT2D eigenvalue weighted by Crippen LogP contribution is 2.41. The Morgan fingerprint density at radius 2 is 1.23 bits per heavy atom. The lowest BCUT2D eigenvalue weighted by atomic mass is 9.89. The molecular formula is C20H45NO4P+. The fourth-order valence-electron chi connectivity index (χ4n) is 3.52. The Morgan fingerprint density at radius 1 is 0.808 bits per heavy atom. The van der Waals surface area contributed by atoms with Gasteiger partial charge in [-0.3, -0.25) is 4.52 Å². The summed E-state index contributed by atoms with van der Waals surface area (Å²) in [5.74, 6) is 0.225. The van der Waals surface area contributed by atoms with Crippen LogP contribution >= 0.6 is 7.82 Å². The molecule has 0 aliphatic rings. The van der Waals surface area contributed by atoms with E-state index in [1.54, 1.807) is 0 Å². The van der Waals surface area contributed by atoms with Gasteiger partial charge in [-0.1, -0.05) is 78.1 Å². The van der Waals surface area contributed by atoms with Crippen molar-refractivity contribution in [2.75, 3.05) is 27.7 Å². The van der Waals surface area contributed by atoms with Gasteiger partial charge in [0.05, 0.1) is 21.1 Å². The normalized spacial score (nSPS) is 14.2. The summed E-state index contributed by atoms with van der Waals surface area (Å²) in [6, 6.07) is 0. The predicted octanol–water partition coefficient (Wildman–Crippen LogP) is 5.51. The molecule has 0 aromatic rings. The molecule has 0 heterocycles. The first-order chi connectivity index (χ1) is 12.1. The van der Waals surface area contributed by atoms with E-state index in [0.29, 0.717) is 11.0 Å². The second kappa shape index (κ2) is 14.1. The van der Waals surface area contributed by atoms with Crippen LogP contribution in [0.15, 0.2) is 0 Å². The summed E-state index contributed by atoms with van der Waals surface area (Å²) in [5, 5.41) is 0. The lowest BCUT2D eigenvalue weighted by molar-refractivity contribution is -0.873. The van der Waals surface area contributed by atoms with Gasteiger partial charge in [0.15, 0.2) is 0 Å². The largest absolute Gasteiger partial charge is 0.470 e. The van der Waals surface area contributed by atoms with Crippen LogP contribution < -0.4 is 0 Å². The number of quaternary nitrogens is 1. The third-order valence-corrected chi connectivity index (χ3v) is 5.43. The minimum atomic E-state index is -4.47. The third-order valence-electron chi connectivity index (χ3n) is 4.88. The number of hydrogen-bond donors (Lipinski definition) is 2. The van der Waals surface area contributed by atoms with Gasteiger partial charge in [-0.05, 0) is 18.8 Å². The number of likely N-dealkylation sites (N-methyl/N-ethyl adjacent to an activating group) is 1. The molecule has 0 aromatic heterocycles. The zero-order valence-electron chi connectivity index (χ0n) is 18.0. The van der Waals surface area contributed by atoms with Crippen molar-refractivity contribution in [3.63, 3.8) is 0 Å². The highest BCUT2D eigenvalue weighted by Gasteiger charge is 2.33. The molecule has 0 rings (SSSR count). The predicted molar refractivity (Wildman–Crippen MR) is 110 cm³/mol. The van der Waals surface area contributed by atoms with E-state index in [9.17, 15) is 14.4 Å². The lowest BCUT2D eigenvalue weighted by Gasteiger charge is -2.33. The first kappa shape index (κ1) is 26.1. The Morgan fingerprint density at radius 3 is 1.58 bits per heavy atom. The number of hydrogen-bond acceptors (Lipinski definition) is 2. The van der Waals surface area contributed by atoms with Gasteiger partial charge in [0.2, 0.25) is 0 Å². The zero-order chi connectivity index (χ0) is 20.1. The van der Waals surface area contributed by atoms with Gasteiger partial charge in [0, 0.05) is 0 Å². The van der Waals surface area contributed by atoms with Gasteiger partial charge in [-0.25, -0.2) is 4.57 Å². The SMILES string of the molecule is CCCCCCCC(CCCCCCC)C(C[N+](C)(C)C)OP(=O)(O)O. The van der Waals surface area contributed by atoms with Gasteiger partial charge in [0.1, 0.15) is 12.6 Å². The van der Waals surface area contributed by atoms with Crippen LogP contribution in [-0.4, -0.2) is 48.1 Å². The molecule has 0 spiro atoms. The molecule has 0 aliphatic heterocycles. The van der Waals surface area contributed by atoms with Gasteiger partial charge in [-0.2, -0.15) is 0 Å². The minimum absolute atomic E-state index is 0.225. The van der Waals surface area contributed by atoms with Crippen molar-refractivity contribution in [1.29, 1.82) is 0 Å². The molecule has 1 atom stereocenters. The van der Waals surface area contributed by atoms with E-state index in [-0.39, 0.29) is 12.0 Å². The summed E-state index contributed by atoms with van der Waals surface area (Å²) in [4.78, 5) is 18.8. The van der Waals surface area contributed by atoms with Crippen molar-refractivity contribution in [2.45, 2.75) is 97.0 Å². The number of nitrogens with zero attached hydrogens (tertiary/aromatic N) is 1. The molecule has 0 amide bonds. The van der Waals surface area contributed by atoms with Crippen molar-refractivity contribution < 1.29 is 23.4 Å². The minimum Gasteiger partial charge on any atom is -0.329 e. The topological polar surface area (TPSA) is 66.8 Å². The molecule has 0 bridgehead atoms. The van der Waals surface area contributed by atoms with Crippen molar-refractivity contribution in [2.24, 2.45) is 5.92 Å². The number of phosphoric ester groups is 1. The van der Waals surface area contributed by atoms with Crippen molar-refractivity contribution in [3.8, 4) is 0 Å². The second-order valence-corrected chi connectivity index (χ2v) is 9.97. The quantitative estimate of drug-likeness (QED) is 0.194. The first-order valence-electron chi connectivity index (χ1n) is 10.6. The van der Waals surface area contributed by atoms with Gasteiger partial charge < -0.3 is 14.3 Å². The van der Waals surface area contributed by atoms with E-state index in [4.69, 9.17) is 4.52 Å². The van der Waals surface area contributed by atoms with Crippen LogP contribution in [0.4, 0.5) is 0 Å². The van der Waals surface area contributed by atoms with Crippen LogP contribution in [0.5, 0.6) is 0 Å². The molecule has 5 nitrogen and oxygen atoms in total. The molecule has 26 heavy (non-hydrogen) atoms. The monoisotopic (exact) mass is 394 g/mol. The Hall–Kier alpha value is 0.0700. The summed E-state index contributed by atoms with van der Waals surface area (Å²) in [6.45, 7) is 5.05. The molecule has 0 aromatic carbocycles. The first-order valence-corrected chi connectivity index (χ1v) is 12.2. The smallest absolute Gasteiger partial charge is 0.329 e. The fourth-order valence-corrected chi connectivity index (χ4v) is 4.11. The van der Waals surface area contributed by atoms with Crippen LogP contribution in [0.1, 0.15) is 90.9 Å². The summed E-state index contributed by atoms with van der Waals surface area (Å²) in [6.07, 6.45) is 13.8. The van der Waals surface area contributed by atoms with E-state index in [1.165, 1.54) is 51.4 Å². The fraction of sp³-hybridized carbons (Fsp3) is 1.00. The lowest BCUT2D eigenvalue weighted by Crippen LogP contribution is -2.45. The van der Waals surface area contributed by atoms with Gasteiger partial charge >= 0.3 is 7.82 Å². The van der Waals surface area contributed by atoms with Crippen LogP contribution in [0, 0.1) is 5.92 Å². The summed E-state index contributed by atoms with van der Waals surface area (Å²) >= 11 is 0. The maximum absolute atomic E-state index is 11.5. The van der Waals surface area contributed by atoms with Crippen LogP contribution in [0.2, 0.25) is 0 Å². The second-order valence-electron chi connectivity index (χ2n) is 8.77. The van der Waals surface area contributed by atoms with Crippen molar-refractivity contribution >= 4 is 7.82 Å². The van der Waals surface area contributed by atoms with Crippen LogP contribution in [-0.2, 0) is 9.09 Å². The third kappa shape index (κ3) is 16.3. The van der Waals surface area contributed by atoms with Crippen LogP contribution in [0.25, 0.3) is 0 Å². The van der Waals surface area contributed by atoms with Crippen molar-refractivity contribution in [3.05, 3.63) is 0 Å². The molecule has 0 aliphatic carbocycles. The average molecular weight is 395 g/mol. The molecule has 158 valence electrons. The van der Waals surface area contributed by atoms with E-state index >= 15 is 0 Å². The summed E-state index contributed by atoms with van der Waals surface area (Å²) < 4.78 is 17.5. The Bertz CT molecular complexity index is 364. The molecule has 0 saturated carbocycles. The average Bonchev–Trinajstić information content (AvgIpc) is 2.49. The Kier molecular flexibility index (Phi) is 14.2. The van der Waals surface area contributed by atoms with E-state index in [0.717, 1.165) is 25.7 Å². The number of rotatable bonds is 17. The zero-order valence-corrected chi connectivity index (χ0v) is 18.8. The standard InChI is InChI=1S/C20H44NO4P/c1-6-8-10-12-14-16-19(17-15-13-11-9-7-2)20(18-21(3,4)5)25-26(22,23)24/h19-20H,6-18H2,1-5H3,(H-,22,23,24)/p+1. The van der Waals surface area contributed by atoms with Gasteiger partial charge in [-0.15, -0.1) is 0 Å². The molecular weight excluding hydrogens is 349 g/mol. The highest BCUT2D eigenvalue weighted by atomic mass is 31.2. The Labute approximate surface area is 162 Å². The molecule has 2 N–H and O–H groups in total. The number of phosphoric acid groups is 1.